The molecule has 0 spiro atoms. The van der Waals surface area contributed by atoms with E-state index in [2.05, 4.69) is 0 Å². The van der Waals surface area contributed by atoms with E-state index in [0.29, 0.717) is 6.54 Å². The summed E-state index contributed by atoms with van der Waals surface area (Å²) in [5, 5.41) is 9.23. The molecule has 1 aromatic carbocycles. The summed E-state index contributed by atoms with van der Waals surface area (Å²) in [7, 11) is 1.59. The molecular formula is C15H19NO4. The second kappa shape index (κ2) is 5.94. The number of benzene rings is 1. The second-order valence-electron chi connectivity index (χ2n) is 5.16. The van der Waals surface area contributed by atoms with Gasteiger partial charge in [-0.15, -0.1) is 0 Å². The molecule has 1 amide bonds. The van der Waals surface area contributed by atoms with Crippen molar-refractivity contribution in [1.29, 1.82) is 0 Å². The number of hydrogen-bond donors (Lipinski definition) is 1. The van der Waals surface area contributed by atoms with E-state index in [0.717, 1.165) is 17.7 Å². The topological polar surface area (TPSA) is 66.8 Å². The summed E-state index contributed by atoms with van der Waals surface area (Å²) in [4.78, 5) is 25.0. The number of amides is 1. The molecule has 5 heteroatoms. The van der Waals surface area contributed by atoms with E-state index in [-0.39, 0.29) is 18.2 Å². The Balaban J connectivity index is 2.05. The summed E-state index contributed by atoms with van der Waals surface area (Å²) >= 11 is 0. The maximum Gasteiger partial charge on any atom is 0.326 e. The Hall–Kier alpha value is -2.04. The number of carbonyl (C=O) groups excluding carboxylic acids is 1. The van der Waals surface area contributed by atoms with Crippen molar-refractivity contribution >= 4 is 11.9 Å². The molecule has 0 aliphatic carbocycles. The lowest BCUT2D eigenvalue weighted by Gasteiger charge is -2.23. The van der Waals surface area contributed by atoms with Gasteiger partial charge in [-0.25, -0.2) is 4.79 Å². The van der Waals surface area contributed by atoms with Crippen molar-refractivity contribution in [2.75, 3.05) is 13.7 Å². The number of methoxy groups -OCH3 is 1. The maximum absolute atomic E-state index is 12.3. The molecule has 2 atom stereocenters. The molecule has 108 valence electrons. The van der Waals surface area contributed by atoms with Gasteiger partial charge >= 0.3 is 5.97 Å². The summed E-state index contributed by atoms with van der Waals surface area (Å²) in [5.41, 5.74) is 0.861. The first-order valence-electron chi connectivity index (χ1n) is 6.68. The predicted molar refractivity (Wildman–Crippen MR) is 73.6 cm³/mol. The van der Waals surface area contributed by atoms with Gasteiger partial charge in [0.25, 0.3) is 0 Å². The number of carboxylic acid groups (broad SMARTS) is 1. The predicted octanol–water partition coefficient (Wildman–Crippen LogP) is 1.56. The molecular weight excluding hydrogens is 258 g/mol. The first-order valence-corrected chi connectivity index (χ1v) is 6.68. The molecule has 0 aromatic heterocycles. The number of rotatable bonds is 4. The number of carbonyl (C=O) groups is 2. The summed E-state index contributed by atoms with van der Waals surface area (Å²) in [6, 6.07) is 6.55. The van der Waals surface area contributed by atoms with E-state index >= 15 is 0 Å². The fourth-order valence-electron chi connectivity index (χ4n) is 2.62. The minimum atomic E-state index is -0.918. The highest BCUT2D eigenvalue weighted by molar-refractivity contribution is 5.85. The van der Waals surface area contributed by atoms with Crippen LogP contribution >= 0.6 is 0 Å². The van der Waals surface area contributed by atoms with E-state index in [9.17, 15) is 14.7 Å². The molecule has 1 heterocycles. The Labute approximate surface area is 118 Å². The van der Waals surface area contributed by atoms with E-state index in [4.69, 9.17) is 4.74 Å². The standard InChI is InChI=1S/C15H19NO4/c1-10-7-8-16(14(10)15(18)19)13(17)9-11-3-5-12(20-2)6-4-11/h3-6,10,14H,7-9H2,1-2H3,(H,18,19). The molecule has 1 N–H and O–H groups in total. The Bertz CT molecular complexity index is 497. The van der Waals surface area contributed by atoms with Crippen molar-refractivity contribution in [2.24, 2.45) is 5.92 Å². The van der Waals surface area contributed by atoms with E-state index in [1.165, 1.54) is 4.90 Å². The van der Waals surface area contributed by atoms with Gasteiger partial charge in [-0.2, -0.15) is 0 Å². The molecule has 0 radical (unpaired) electrons. The Morgan fingerprint density at radius 2 is 2.00 bits per heavy atom. The molecule has 0 saturated carbocycles. The minimum absolute atomic E-state index is 0.00678. The maximum atomic E-state index is 12.3. The molecule has 1 aliphatic heterocycles. The number of hydrogen-bond acceptors (Lipinski definition) is 3. The van der Waals surface area contributed by atoms with Gasteiger partial charge in [0.1, 0.15) is 11.8 Å². The van der Waals surface area contributed by atoms with Crippen molar-refractivity contribution in [3.63, 3.8) is 0 Å². The monoisotopic (exact) mass is 277 g/mol. The first kappa shape index (κ1) is 14.4. The molecule has 5 nitrogen and oxygen atoms in total. The molecule has 1 fully saturated rings. The van der Waals surface area contributed by atoms with Crippen LogP contribution in [0.2, 0.25) is 0 Å². The lowest BCUT2D eigenvalue weighted by atomic mass is 10.0. The fraction of sp³-hybridized carbons (Fsp3) is 0.467. The van der Waals surface area contributed by atoms with Crippen molar-refractivity contribution in [3.8, 4) is 5.75 Å². The molecule has 20 heavy (non-hydrogen) atoms. The molecule has 1 saturated heterocycles. The van der Waals surface area contributed by atoms with Crippen molar-refractivity contribution in [1.82, 2.24) is 4.90 Å². The zero-order valence-corrected chi connectivity index (χ0v) is 11.7. The summed E-state index contributed by atoms with van der Waals surface area (Å²) < 4.78 is 5.06. The largest absolute Gasteiger partial charge is 0.497 e. The zero-order chi connectivity index (χ0) is 14.7. The van der Waals surface area contributed by atoms with Crippen LogP contribution in [0.5, 0.6) is 5.75 Å². The number of aliphatic carboxylic acids is 1. The summed E-state index contributed by atoms with van der Waals surface area (Å²) in [5.74, 6) is -0.309. The third-order valence-electron chi connectivity index (χ3n) is 3.79. The van der Waals surface area contributed by atoms with Gasteiger partial charge in [0.2, 0.25) is 5.91 Å². The van der Waals surface area contributed by atoms with Crippen molar-refractivity contribution in [3.05, 3.63) is 29.8 Å². The number of carboxylic acids is 1. The zero-order valence-electron chi connectivity index (χ0n) is 11.7. The van der Waals surface area contributed by atoms with Gasteiger partial charge in [0.15, 0.2) is 0 Å². The van der Waals surface area contributed by atoms with Gasteiger partial charge in [0, 0.05) is 6.54 Å². The first-order chi connectivity index (χ1) is 9.52. The third kappa shape index (κ3) is 2.92. The van der Waals surface area contributed by atoms with Gasteiger partial charge in [0.05, 0.1) is 13.5 Å². The average molecular weight is 277 g/mol. The quantitative estimate of drug-likeness (QED) is 0.907. The smallest absolute Gasteiger partial charge is 0.326 e. The van der Waals surface area contributed by atoms with Crippen molar-refractivity contribution < 1.29 is 19.4 Å². The van der Waals surface area contributed by atoms with E-state index in [1.807, 2.05) is 19.1 Å². The SMILES string of the molecule is COc1ccc(CC(=O)N2CCC(C)C2C(=O)O)cc1. The highest BCUT2D eigenvalue weighted by atomic mass is 16.5. The normalized spacial score (nSPS) is 21.8. The van der Waals surface area contributed by atoms with Crippen LogP contribution in [0, 0.1) is 5.92 Å². The van der Waals surface area contributed by atoms with Crippen molar-refractivity contribution in [2.45, 2.75) is 25.8 Å². The molecule has 1 aromatic rings. The van der Waals surface area contributed by atoms with Crippen LogP contribution in [-0.2, 0) is 16.0 Å². The number of likely N-dealkylation sites (tertiary alicyclic amines) is 1. The Kier molecular flexibility index (Phi) is 4.27. The minimum Gasteiger partial charge on any atom is -0.497 e. The third-order valence-corrected chi connectivity index (χ3v) is 3.79. The second-order valence-corrected chi connectivity index (χ2v) is 5.16. The van der Waals surface area contributed by atoms with Crippen LogP contribution in [0.1, 0.15) is 18.9 Å². The number of nitrogens with zero attached hydrogens (tertiary/aromatic N) is 1. The van der Waals surface area contributed by atoms with Crippen LogP contribution in [0.15, 0.2) is 24.3 Å². The molecule has 2 rings (SSSR count). The van der Waals surface area contributed by atoms with Gasteiger partial charge in [-0.05, 0) is 30.0 Å². The van der Waals surface area contributed by atoms with Crippen LogP contribution in [-0.4, -0.2) is 41.6 Å². The number of ether oxygens (including phenoxy) is 1. The summed E-state index contributed by atoms with van der Waals surface area (Å²) in [6.45, 7) is 2.40. The molecule has 1 aliphatic rings. The van der Waals surface area contributed by atoms with Crippen LogP contribution in [0.25, 0.3) is 0 Å². The highest BCUT2D eigenvalue weighted by Crippen LogP contribution is 2.25. The lowest BCUT2D eigenvalue weighted by molar-refractivity contribution is -0.149. The average Bonchev–Trinajstić information content (AvgIpc) is 2.81. The lowest BCUT2D eigenvalue weighted by Crippen LogP contribution is -2.43. The van der Waals surface area contributed by atoms with E-state index in [1.54, 1.807) is 19.2 Å². The van der Waals surface area contributed by atoms with Gasteiger partial charge < -0.3 is 14.7 Å². The fourth-order valence-corrected chi connectivity index (χ4v) is 2.62. The highest BCUT2D eigenvalue weighted by Gasteiger charge is 2.39. The van der Waals surface area contributed by atoms with Crippen LogP contribution < -0.4 is 4.74 Å². The Morgan fingerprint density at radius 1 is 1.35 bits per heavy atom. The van der Waals surface area contributed by atoms with E-state index < -0.39 is 12.0 Å². The van der Waals surface area contributed by atoms with Gasteiger partial charge in [-0.3, -0.25) is 4.79 Å². The van der Waals surface area contributed by atoms with Crippen LogP contribution in [0.3, 0.4) is 0 Å². The summed E-state index contributed by atoms with van der Waals surface area (Å²) in [6.07, 6.45) is 0.964. The van der Waals surface area contributed by atoms with Gasteiger partial charge in [-0.1, -0.05) is 19.1 Å². The molecule has 2 unspecified atom stereocenters. The molecule has 0 bridgehead atoms. The Morgan fingerprint density at radius 3 is 2.55 bits per heavy atom. The van der Waals surface area contributed by atoms with Crippen LogP contribution in [0.4, 0.5) is 0 Å².